The zero-order valence-corrected chi connectivity index (χ0v) is 11.5. The predicted molar refractivity (Wildman–Crippen MR) is 69.9 cm³/mol. The fraction of sp³-hybridized carbons (Fsp3) is 0.182. The molecule has 0 saturated carbocycles. The molecule has 6 heteroatoms. The van der Waals surface area contributed by atoms with Gasteiger partial charge in [-0.05, 0) is 28.9 Å². The van der Waals surface area contributed by atoms with E-state index in [1.807, 2.05) is 12.3 Å². The van der Waals surface area contributed by atoms with Crippen molar-refractivity contribution in [3.63, 3.8) is 0 Å². The van der Waals surface area contributed by atoms with Gasteiger partial charge < -0.3 is 5.32 Å². The first-order valence-electron chi connectivity index (χ1n) is 4.97. The number of hydrogen-bond donors (Lipinski definition) is 1. The molecule has 1 unspecified atom stereocenters. The maximum absolute atomic E-state index is 11.9. The van der Waals surface area contributed by atoms with Crippen molar-refractivity contribution in [2.24, 2.45) is 0 Å². The second kappa shape index (κ2) is 5.37. The predicted octanol–water partition coefficient (Wildman–Crippen LogP) is 2.79. The summed E-state index contributed by atoms with van der Waals surface area (Å²) in [6.45, 7) is 1.90. The Kier molecular flexibility index (Phi) is 3.86. The average molecular weight is 312 g/mol. The van der Waals surface area contributed by atoms with Crippen LogP contribution >= 0.6 is 27.3 Å². The van der Waals surface area contributed by atoms with Crippen LogP contribution in [0.3, 0.4) is 0 Å². The molecule has 2 heterocycles. The molecule has 1 N–H and O–H groups in total. The van der Waals surface area contributed by atoms with E-state index in [1.165, 1.54) is 17.5 Å². The van der Waals surface area contributed by atoms with Crippen LogP contribution in [0.2, 0.25) is 0 Å². The molecule has 0 aliphatic rings. The van der Waals surface area contributed by atoms with Gasteiger partial charge in [0.1, 0.15) is 5.01 Å². The molecule has 0 radical (unpaired) electrons. The fourth-order valence-electron chi connectivity index (χ4n) is 1.33. The average Bonchev–Trinajstić information content (AvgIpc) is 2.82. The molecule has 0 aromatic carbocycles. The standard InChI is InChI=1S/C11H10BrN3OS/c1-7(11-14-2-3-17-11)15-10(16)8-4-9(12)6-13-5-8/h2-7H,1H3,(H,15,16). The van der Waals surface area contributed by atoms with Crippen LogP contribution in [0.5, 0.6) is 0 Å². The van der Waals surface area contributed by atoms with E-state index >= 15 is 0 Å². The van der Waals surface area contributed by atoms with Crippen LogP contribution in [0.1, 0.15) is 28.3 Å². The Bertz CT molecular complexity index is 515. The minimum Gasteiger partial charge on any atom is -0.343 e. The van der Waals surface area contributed by atoms with Crippen molar-refractivity contribution < 1.29 is 4.79 Å². The van der Waals surface area contributed by atoms with Crippen molar-refractivity contribution in [3.8, 4) is 0 Å². The number of thiazole rings is 1. The van der Waals surface area contributed by atoms with Crippen molar-refractivity contribution in [2.75, 3.05) is 0 Å². The van der Waals surface area contributed by atoms with Crippen LogP contribution in [0.15, 0.2) is 34.5 Å². The normalized spacial score (nSPS) is 12.1. The second-order valence-corrected chi connectivity index (χ2v) is 5.30. The van der Waals surface area contributed by atoms with Gasteiger partial charge in [-0.2, -0.15) is 0 Å². The highest BCUT2D eigenvalue weighted by atomic mass is 79.9. The highest BCUT2D eigenvalue weighted by molar-refractivity contribution is 9.10. The summed E-state index contributed by atoms with van der Waals surface area (Å²) in [6, 6.07) is 1.64. The van der Waals surface area contributed by atoms with Gasteiger partial charge in [0.25, 0.3) is 5.91 Å². The third-order valence-electron chi connectivity index (χ3n) is 2.14. The van der Waals surface area contributed by atoms with Crippen molar-refractivity contribution in [3.05, 3.63) is 45.1 Å². The van der Waals surface area contributed by atoms with Crippen molar-refractivity contribution >= 4 is 33.2 Å². The molecule has 1 amide bonds. The summed E-state index contributed by atoms with van der Waals surface area (Å²) in [4.78, 5) is 20.0. The van der Waals surface area contributed by atoms with Gasteiger partial charge in [0.15, 0.2) is 0 Å². The first-order chi connectivity index (χ1) is 8.16. The van der Waals surface area contributed by atoms with E-state index in [2.05, 4.69) is 31.2 Å². The van der Waals surface area contributed by atoms with Crippen molar-refractivity contribution in [1.29, 1.82) is 0 Å². The molecule has 0 aliphatic heterocycles. The zero-order chi connectivity index (χ0) is 12.3. The van der Waals surface area contributed by atoms with Gasteiger partial charge in [-0.1, -0.05) is 0 Å². The molecule has 17 heavy (non-hydrogen) atoms. The van der Waals surface area contributed by atoms with Crippen LogP contribution in [0.4, 0.5) is 0 Å². The number of hydrogen-bond acceptors (Lipinski definition) is 4. The Hall–Kier alpha value is -1.27. The van der Waals surface area contributed by atoms with E-state index in [-0.39, 0.29) is 11.9 Å². The number of nitrogens with one attached hydrogen (secondary N) is 1. The van der Waals surface area contributed by atoms with Gasteiger partial charge in [-0.15, -0.1) is 11.3 Å². The molecule has 2 aromatic rings. The quantitative estimate of drug-likeness (QED) is 0.948. The Morgan fingerprint density at radius 3 is 3.00 bits per heavy atom. The smallest absolute Gasteiger partial charge is 0.253 e. The summed E-state index contributed by atoms with van der Waals surface area (Å²) in [5.41, 5.74) is 0.530. The molecule has 1 atom stereocenters. The van der Waals surface area contributed by atoms with E-state index in [1.54, 1.807) is 18.5 Å². The number of carbonyl (C=O) groups excluding carboxylic acids is 1. The SMILES string of the molecule is CC(NC(=O)c1cncc(Br)c1)c1nccs1. The lowest BCUT2D eigenvalue weighted by molar-refractivity contribution is 0.0939. The lowest BCUT2D eigenvalue weighted by atomic mass is 10.2. The Morgan fingerprint density at radius 1 is 1.53 bits per heavy atom. The molecule has 0 spiro atoms. The van der Waals surface area contributed by atoms with E-state index in [0.717, 1.165) is 9.48 Å². The topological polar surface area (TPSA) is 54.9 Å². The van der Waals surface area contributed by atoms with Gasteiger partial charge in [-0.25, -0.2) is 4.98 Å². The maximum Gasteiger partial charge on any atom is 0.253 e. The number of halogens is 1. The third-order valence-corrected chi connectivity index (χ3v) is 3.53. The molecule has 4 nitrogen and oxygen atoms in total. The van der Waals surface area contributed by atoms with Crippen LogP contribution in [0, 0.1) is 0 Å². The molecule has 0 fully saturated rings. The number of carbonyl (C=O) groups is 1. The van der Waals surface area contributed by atoms with Crippen LogP contribution in [-0.4, -0.2) is 15.9 Å². The van der Waals surface area contributed by atoms with E-state index < -0.39 is 0 Å². The van der Waals surface area contributed by atoms with Crippen molar-refractivity contribution in [2.45, 2.75) is 13.0 Å². The summed E-state index contributed by atoms with van der Waals surface area (Å²) < 4.78 is 0.784. The number of aromatic nitrogens is 2. The second-order valence-electron chi connectivity index (χ2n) is 3.46. The summed E-state index contributed by atoms with van der Waals surface area (Å²) >= 11 is 4.80. The monoisotopic (exact) mass is 311 g/mol. The molecule has 0 saturated heterocycles. The highest BCUT2D eigenvalue weighted by Gasteiger charge is 2.13. The van der Waals surface area contributed by atoms with Crippen LogP contribution in [0.25, 0.3) is 0 Å². The van der Waals surface area contributed by atoms with Crippen molar-refractivity contribution in [1.82, 2.24) is 15.3 Å². The minimum atomic E-state index is -0.151. The lowest BCUT2D eigenvalue weighted by Gasteiger charge is -2.10. The van der Waals surface area contributed by atoms with E-state index in [9.17, 15) is 4.79 Å². The van der Waals surface area contributed by atoms with Gasteiger partial charge in [0.05, 0.1) is 11.6 Å². The third kappa shape index (κ3) is 3.10. The highest BCUT2D eigenvalue weighted by Crippen LogP contribution is 2.16. The summed E-state index contributed by atoms with van der Waals surface area (Å²) in [5, 5.41) is 5.65. The molecule has 2 rings (SSSR count). The molecule has 2 aromatic heterocycles. The molecule has 0 bridgehead atoms. The minimum absolute atomic E-state index is 0.0959. The Morgan fingerprint density at radius 2 is 2.35 bits per heavy atom. The summed E-state index contributed by atoms with van der Waals surface area (Å²) in [6.07, 6.45) is 4.90. The van der Waals surface area contributed by atoms with Gasteiger partial charge >= 0.3 is 0 Å². The fourth-order valence-corrected chi connectivity index (χ4v) is 2.34. The number of pyridine rings is 1. The maximum atomic E-state index is 11.9. The number of nitrogens with zero attached hydrogens (tertiary/aromatic N) is 2. The first-order valence-corrected chi connectivity index (χ1v) is 6.65. The largest absolute Gasteiger partial charge is 0.343 e. The van der Waals surface area contributed by atoms with Gasteiger partial charge in [0.2, 0.25) is 0 Å². The molecular formula is C11H10BrN3OS. The first kappa shape index (κ1) is 12.2. The van der Waals surface area contributed by atoms with Gasteiger partial charge in [0, 0.05) is 28.4 Å². The van der Waals surface area contributed by atoms with E-state index in [4.69, 9.17) is 0 Å². The summed E-state index contributed by atoms with van der Waals surface area (Å²) in [5.74, 6) is -0.151. The van der Waals surface area contributed by atoms with Gasteiger partial charge in [-0.3, -0.25) is 9.78 Å². The van der Waals surface area contributed by atoms with Crippen LogP contribution < -0.4 is 5.32 Å². The zero-order valence-electron chi connectivity index (χ0n) is 9.05. The van der Waals surface area contributed by atoms with Crippen LogP contribution in [-0.2, 0) is 0 Å². The Labute approximate surface area is 111 Å². The molecule has 0 aliphatic carbocycles. The van der Waals surface area contributed by atoms with E-state index in [0.29, 0.717) is 5.56 Å². The Balaban J connectivity index is 2.07. The molecule has 88 valence electrons. The number of rotatable bonds is 3. The molecular weight excluding hydrogens is 302 g/mol. The lowest BCUT2D eigenvalue weighted by Crippen LogP contribution is -2.26. The number of amides is 1. The summed E-state index contributed by atoms with van der Waals surface area (Å²) in [7, 11) is 0.